The van der Waals surface area contributed by atoms with Gasteiger partial charge >= 0.3 is 0 Å². The lowest BCUT2D eigenvalue weighted by molar-refractivity contribution is 0.0160. The van der Waals surface area contributed by atoms with Gasteiger partial charge in [-0.05, 0) is 36.6 Å². The van der Waals surface area contributed by atoms with Crippen molar-refractivity contribution < 1.29 is 12.3 Å². The van der Waals surface area contributed by atoms with Crippen LogP contribution in [0.1, 0.15) is 32.1 Å². The van der Waals surface area contributed by atoms with Crippen molar-refractivity contribution in [3.63, 3.8) is 0 Å². The third-order valence-electron chi connectivity index (χ3n) is 4.69. The molecule has 2 aliphatic heterocycles. The fourth-order valence-corrected chi connectivity index (χ4v) is 3.38. The van der Waals surface area contributed by atoms with Crippen LogP contribution in [0.4, 0.5) is 10.4 Å². The summed E-state index contributed by atoms with van der Waals surface area (Å²) in [5.41, 5.74) is 5.03. The Morgan fingerprint density at radius 2 is 1.87 bits per heavy atom. The topological polar surface area (TPSA) is 33.3 Å². The van der Waals surface area contributed by atoms with Gasteiger partial charge in [-0.15, -0.1) is 0 Å². The highest BCUT2D eigenvalue weighted by molar-refractivity contribution is 5.46. The zero-order valence-electron chi connectivity index (χ0n) is 13.3. The van der Waals surface area contributed by atoms with E-state index in [1.165, 1.54) is 16.7 Å². The summed E-state index contributed by atoms with van der Waals surface area (Å²) >= 11 is 0. The number of rotatable bonds is 4. The molecule has 4 heteroatoms. The maximum Gasteiger partial charge on any atom is 0.0983 e. The first kappa shape index (κ1) is 16.0. The second-order valence-electron chi connectivity index (χ2n) is 6.39. The molecule has 2 aliphatic rings. The van der Waals surface area contributed by atoms with Gasteiger partial charge in [-0.3, -0.25) is 4.70 Å². The minimum absolute atomic E-state index is 0. The van der Waals surface area contributed by atoms with E-state index in [0.717, 1.165) is 25.2 Å². The van der Waals surface area contributed by atoms with Gasteiger partial charge in [-0.2, -0.15) is 0 Å². The molecule has 2 N–H and O–H groups in total. The normalized spacial score (nSPS) is 25.2. The minimum atomic E-state index is 0. The van der Waals surface area contributed by atoms with Crippen molar-refractivity contribution in [2.75, 3.05) is 11.9 Å². The summed E-state index contributed by atoms with van der Waals surface area (Å²) in [4.78, 5) is 0. The fraction of sp³-hybridized carbons (Fsp3) is 0.368. The van der Waals surface area contributed by atoms with Gasteiger partial charge in [0.25, 0.3) is 0 Å². The molecule has 2 fully saturated rings. The Hall–Kier alpha value is -1.91. The quantitative estimate of drug-likeness (QED) is 0.892. The molecule has 0 aliphatic carbocycles. The van der Waals surface area contributed by atoms with Crippen molar-refractivity contribution in [1.82, 2.24) is 5.32 Å². The van der Waals surface area contributed by atoms with E-state index in [2.05, 4.69) is 66.1 Å². The zero-order chi connectivity index (χ0) is 14.9. The number of hydrogen-bond acceptors (Lipinski definition) is 3. The van der Waals surface area contributed by atoms with Gasteiger partial charge in [0.1, 0.15) is 0 Å². The smallest absolute Gasteiger partial charge is 0.0983 e. The lowest BCUT2D eigenvalue weighted by Crippen LogP contribution is -2.33. The molecule has 3 nitrogen and oxygen atoms in total. The number of nitrogens with one attached hydrogen (secondary N) is 2. The van der Waals surface area contributed by atoms with E-state index in [-0.39, 0.29) is 13.7 Å². The highest BCUT2D eigenvalue weighted by atomic mass is 19.0. The van der Waals surface area contributed by atoms with Crippen molar-refractivity contribution >= 4 is 5.69 Å². The highest BCUT2D eigenvalue weighted by Gasteiger charge is 2.41. The molecule has 2 heterocycles. The molecule has 2 saturated heterocycles. The Balaban J connectivity index is 0.00000104. The first-order chi connectivity index (χ1) is 10.8. The molecule has 3 atom stereocenters. The van der Waals surface area contributed by atoms with Crippen molar-refractivity contribution in [2.24, 2.45) is 0 Å². The maximum absolute atomic E-state index is 6.04. The lowest BCUT2D eigenvalue weighted by Gasteiger charge is -2.23. The van der Waals surface area contributed by atoms with Crippen molar-refractivity contribution in [3.8, 4) is 0 Å². The van der Waals surface area contributed by atoms with Gasteiger partial charge in [0.05, 0.1) is 12.2 Å². The van der Waals surface area contributed by atoms with Crippen LogP contribution in [-0.2, 0) is 11.3 Å². The number of anilines is 1. The van der Waals surface area contributed by atoms with Gasteiger partial charge < -0.3 is 15.4 Å². The summed E-state index contributed by atoms with van der Waals surface area (Å²) in [6, 6.07) is 17.8. The van der Waals surface area contributed by atoms with E-state index in [9.17, 15) is 0 Å². The van der Waals surface area contributed by atoms with E-state index >= 15 is 0 Å². The average Bonchev–Trinajstić information content (AvgIpc) is 3.18. The van der Waals surface area contributed by atoms with Crippen LogP contribution in [0.15, 0.2) is 48.5 Å². The minimum Gasteiger partial charge on any atom is -0.381 e. The molecular formula is C19H27FN2O. The van der Waals surface area contributed by atoms with Crippen LogP contribution in [-0.4, -0.2) is 18.7 Å². The Morgan fingerprint density at radius 1 is 1.13 bits per heavy atom. The van der Waals surface area contributed by atoms with Crippen LogP contribution in [0, 0.1) is 6.92 Å². The number of aryl methyl sites for hydroxylation is 1. The molecule has 2 aromatic rings. The van der Waals surface area contributed by atoms with E-state index in [1.54, 1.807) is 0 Å². The Labute approximate surface area is 139 Å². The van der Waals surface area contributed by atoms with E-state index < -0.39 is 0 Å². The Bertz CT molecular complexity index is 651. The van der Waals surface area contributed by atoms with E-state index in [1.807, 2.05) is 0 Å². The summed E-state index contributed by atoms with van der Waals surface area (Å²) < 4.78 is 6.04. The second-order valence-corrected chi connectivity index (χ2v) is 6.39. The number of fused-ring (bicyclic) bond motifs is 2. The van der Waals surface area contributed by atoms with Gasteiger partial charge in [0, 0.05) is 27.7 Å². The standard InChI is InChI=1S/C19H22N2O.FH.2H2/c1-13-2-4-14(5-3-13)11-20-16-8-6-15(7-9-16)19-18-10-17(22-19)12-21-18;;;/h2-9,17-21H,10-12H2,1H3;3*1H/t17-,18?,19+;;;/m0.../s1. The molecule has 0 radical (unpaired) electrons. The predicted octanol–water partition coefficient (Wildman–Crippen LogP) is 4.05. The van der Waals surface area contributed by atoms with Crippen LogP contribution in [0.25, 0.3) is 0 Å². The molecule has 0 saturated carbocycles. The summed E-state index contributed by atoms with van der Waals surface area (Å²) in [6.45, 7) is 3.98. The predicted molar refractivity (Wildman–Crippen MR) is 95.7 cm³/mol. The highest BCUT2D eigenvalue weighted by Crippen LogP contribution is 2.37. The van der Waals surface area contributed by atoms with Gasteiger partial charge in [-0.25, -0.2) is 0 Å². The number of ether oxygens (including phenoxy) is 1. The molecular weight excluding hydrogens is 291 g/mol. The summed E-state index contributed by atoms with van der Waals surface area (Å²) in [7, 11) is 0. The molecule has 23 heavy (non-hydrogen) atoms. The van der Waals surface area contributed by atoms with Crippen molar-refractivity contribution in [2.45, 2.75) is 38.1 Å². The van der Waals surface area contributed by atoms with Crippen LogP contribution in [0.5, 0.6) is 0 Å². The third-order valence-corrected chi connectivity index (χ3v) is 4.69. The Kier molecular flexibility index (Phi) is 4.64. The summed E-state index contributed by atoms with van der Waals surface area (Å²) in [5.74, 6) is 0. The number of morpholine rings is 1. The molecule has 0 amide bonds. The molecule has 0 aromatic heterocycles. The number of halogens is 1. The van der Waals surface area contributed by atoms with Crippen LogP contribution in [0.3, 0.4) is 0 Å². The average molecular weight is 318 g/mol. The maximum atomic E-state index is 6.04. The molecule has 1 unspecified atom stereocenters. The molecule has 126 valence electrons. The van der Waals surface area contributed by atoms with Gasteiger partial charge in [0.2, 0.25) is 0 Å². The monoisotopic (exact) mass is 318 g/mol. The second kappa shape index (κ2) is 6.69. The molecule has 2 bridgehead atoms. The summed E-state index contributed by atoms with van der Waals surface area (Å²) in [6.07, 6.45) is 1.79. The number of benzene rings is 2. The number of hydrogen-bond donors (Lipinski definition) is 2. The summed E-state index contributed by atoms with van der Waals surface area (Å²) in [5, 5.41) is 7.01. The van der Waals surface area contributed by atoms with Crippen LogP contribution < -0.4 is 10.6 Å². The zero-order valence-corrected chi connectivity index (χ0v) is 13.3. The first-order valence-electron chi connectivity index (χ1n) is 8.06. The van der Waals surface area contributed by atoms with Crippen molar-refractivity contribution in [3.05, 3.63) is 65.2 Å². The molecule has 2 aromatic carbocycles. The first-order valence-corrected chi connectivity index (χ1v) is 8.06. The van der Waals surface area contributed by atoms with Gasteiger partial charge in [0.15, 0.2) is 0 Å². The SMILES string of the molecule is Cc1ccc(CNc2ccc([C@H]3O[C@@H]4CNC3C4)cc2)cc1.F.[HH].[HH]. The largest absolute Gasteiger partial charge is 0.381 e. The van der Waals surface area contributed by atoms with Crippen molar-refractivity contribution in [1.29, 1.82) is 0 Å². The third kappa shape index (κ3) is 3.38. The molecule has 0 spiro atoms. The molecule has 4 rings (SSSR count). The van der Waals surface area contributed by atoms with Gasteiger partial charge in [-0.1, -0.05) is 42.0 Å². The van der Waals surface area contributed by atoms with Crippen LogP contribution >= 0.6 is 0 Å². The Morgan fingerprint density at radius 3 is 2.48 bits per heavy atom. The van der Waals surface area contributed by atoms with E-state index in [4.69, 9.17) is 4.74 Å². The van der Waals surface area contributed by atoms with E-state index in [0.29, 0.717) is 12.1 Å². The lowest BCUT2D eigenvalue weighted by atomic mass is 10.0. The fourth-order valence-electron chi connectivity index (χ4n) is 3.38. The van der Waals surface area contributed by atoms with Crippen LogP contribution in [0.2, 0.25) is 0 Å².